The maximum absolute atomic E-state index is 13.6. The Hall–Kier alpha value is -2.31. The van der Waals surface area contributed by atoms with E-state index in [0.717, 1.165) is 33.6 Å². The Morgan fingerprint density at radius 3 is 1.91 bits per heavy atom. The predicted molar refractivity (Wildman–Crippen MR) is 108 cm³/mol. The average molecular weight is 478 g/mol. The van der Waals surface area contributed by atoms with Gasteiger partial charge >= 0.3 is 23.9 Å². The minimum absolute atomic E-state index is 0.0463. The van der Waals surface area contributed by atoms with Crippen LogP contribution in [0.1, 0.15) is 40.5 Å². The van der Waals surface area contributed by atoms with E-state index in [1.165, 1.54) is 6.92 Å². The van der Waals surface area contributed by atoms with E-state index < -0.39 is 61.4 Å². The van der Waals surface area contributed by atoms with Gasteiger partial charge in [-0.3, -0.25) is 23.7 Å². The lowest BCUT2D eigenvalue weighted by atomic mass is 9.98. The molecule has 1 aliphatic heterocycles. The van der Waals surface area contributed by atoms with Crippen molar-refractivity contribution >= 4 is 23.9 Å². The molecule has 1 unspecified atom stereocenters. The fourth-order valence-electron chi connectivity index (χ4n) is 3.74. The van der Waals surface area contributed by atoms with Gasteiger partial charge in [0, 0.05) is 40.5 Å². The van der Waals surface area contributed by atoms with Crippen molar-refractivity contribution in [2.75, 3.05) is 33.6 Å². The van der Waals surface area contributed by atoms with Gasteiger partial charge in [-0.15, -0.1) is 0 Å². The number of likely N-dealkylation sites (N-methyl/N-ethyl adjacent to an activating group) is 1. The molecule has 2 rings (SSSR count). The van der Waals surface area contributed by atoms with Crippen LogP contribution in [0.15, 0.2) is 0 Å². The Kier molecular flexibility index (Phi) is 9.56. The summed E-state index contributed by atoms with van der Waals surface area (Å²) in [4.78, 5) is 46.7. The van der Waals surface area contributed by atoms with E-state index in [4.69, 9.17) is 28.4 Å². The molecule has 12 heteroatoms. The van der Waals surface area contributed by atoms with Gasteiger partial charge in [-0.25, -0.2) is 0 Å². The molecule has 0 bridgehead atoms. The van der Waals surface area contributed by atoms with Crippen LogP contribution >= 0.6 is 0 Å². The second kappa shape index (κ2) is 11.7. The van der Waals surface area contributed by atoms with Gasteiger partial charge < -0.3 is 28.4 Å². The number of hydrogen-bond acceptors (Lipinski definition) is 10. The highest BCUT2D eigenvalue weighted by molar-refractivity contribution is 5.68. The van der Waals surface area contributed by atoms with Crippen LogP contribution in [0.3, 0.4) is 0 Å². The average Bonchev–Trinajstić information content (AvgIpc) is 3.55. The smallest absolute Gasteiger partial charge is 0.303 e. The van der Waals surface area contributed by atoms with Crippen LogP contribution in [-0.4, -0.2) is 98.7 Å². The molecule has 1 heterocycles. The molecule has 1 saturated heterocycles. The minimum atomic E-state index is -1.29. The number of quaternary nitrogens is 1. The fourth-order valence-corrected chi connectivity index (χ4v) is 3.74. The van der Waals surface area contributed by atoms with Crippen LogP contribution in [0.4, 0.5) is 4.39 Å². The molecule has 0 spiro atoms. The van der Waals surface area contributed by atoms with Crippen LogP contribution in [0.2, 0.25) is 0 Å². The highest BCUT2D eigenvalue weighted by Gasteiger charge is 2.53. The standard InChI is InChI=1S/C21H33FNO10/c1-12(24)29-10-17-18(30-13(2)25)19(31-14(3)26)20(32-15(4)27)21(33-17)28-9-8-23(5,11-22)16-6-7-16/h16-21H,6-11H2,1-5H3/q+1/t17-,18-,19+,20-,21-,23?/m1/s1. The van der Waals surface area contributed by atoms with Crippen LogP contribution in [0.25, 0.3) is 0 Å². The third-order valence-corrected chi connectivity index (χ3v) is 5.53. The van der Waals surface area contributed by atoms with E-state index in [0.29, 0.717) is 6.54 Å². The molecule has 0 aromatic carbocycles. The summed E-state index contributed by atoms with van der Waals surface area (Å²) in [5.41, 5.74) is 0. The summed E-state index contributed by atoms with van der Waals surface area (Å²) >= 11 is 0. The normalized spacial score (nSPS) is 28.8. The number of nitrogens with zero attached hydrogens (tertiary/aromatic N) is 1. The van der Waals surface area contributed by atoms with Crippen molar-refractivity contribution in [1.82, 2.24) is 0 Å². The monoisotopic (exact) mass is 478 g/mol. The first-order chi connectivity index (χ1) is 15.5. The summed E-state index contributed by atoms with van der Waals surface area (Å²) in [6, 6.07) is 0.217. The molecule has 1 saturated carbocycles. The van der Waals surface area contributed by atoms with Crippen LogP contribution in [-0.2, 0) is 47.6 Å². The van der Waals surface area contributed by atoms with Crippen molar-refractivity contribution in [3.05, 3.63) is 0 Å². The molecule has 11 nitrogen and oxygen atoms in total. The zero-order chi connectivity index (χ0) is 24.8. The lowest BCUT2D eigenvalue weighted by Crippen LogP contribution is -2.63. The second-order valence-electron chi connectivity index (χ2n) is 8.49. The van der Waals surface area contributed by atoms with Gasteiger partial charge in [0.25, 0.3) is 0 Å². The van der Waals surface area contributed by atoms with Crippen molar-refractivity contribution < 1.29 is 56.5 Å². The SMILES string of the molecule is CC(=O)OC[C@H]1O[C@@H](OCC[N+](C)(CF)C2CC2)[C@H](OC(C)=O)[C@@H](OC(C)=O)[C@@H]1OC(C)=O. The minimum Gasteiger partial charge on any atom is -0.463 e. The maximum atomic E-state index is 13.6. The van der Waals surface area contributed by atoms with Crippen molar-refractivity contribution in [2.45, 2.75) is 77.3 Å². The quantitative estimate of drug-likeness (QED) is 0.181. The summed E-state index contributed by atoms with van der Waals surface area (Å²) in [6.45, 7) is 4.10. The third kappa shape index (κ3) is 7.90. The number of ether oxygens (including phenoxy) is 6. The summed E-state index contributed by atoms with van der Waals surface area (Å²) in [7, 11) is 1.79. The molecule has 1 aliphatic carbocycles. The molecule has 6 atom stereocenters. The molecule has 0 radical (unpaired) electrons. The third-order valence-electron chi connectivity index (χ3n) is 5.53. The maximum Gasteiger partial charge on any atom is 0.303 e. The lowest BCUT2D eigenvalue weighted by Gasteiger charge is -2.44. The lowest BCUT2D eigenvalue weighted by molar-refractivity contribution is -0.932. The number of carbonyl (C=O) groups excluding carboxylic acids is 4. The fraction of sp³-hybridized carbons (Fsp3) is 0.810. The Balaban J connectivity index is 2.27. The van der Waals surface area contributed by atoms with Crippen molar-refractivity contribution in [2.24, 2.45) is 0 Å². The van der Waals surface area contributed by atoms with Gasteiger partial charge in [0.2, 0.25) is 6.80 Å². The molecular formula is C21H33FNO10+. The number of rotatable bonds is 11. The van der Waals surface area contributed by atoms with E-state index >= 15 is 0 Å². The van der Waals surface area contributed by atoms with Gasteiger partial charge in [-0.2, -0.15) is 4.39 Å². The van der Waals surface area contributed by atoms with E-state index in [1.807, 2.05) is 0 Å². The van der Waals surface area contributed by atoms with E-state index in [2.05, 4.69) is 0 Å². The molecule has 0 amide bonds. The molecular weight excluding hydrogens is 445 g/mol. The Morgan fingerprint density at radius 2 is 1.42 bits per heavy atom. The first-order valence-electron chi connectivity index (χ1n) is 10.8. The van der Waals surface area contributed by atoms with E-state index in [-0.39, 0.29) is 23.7 Å². The predicted octanol–water partition coefficient (Wildman–Crippen LogP) is 0.622. The number of esters is 4. The second-order valence-corrected chi connectivity index (χ2v) is 8.49. The van der Waals surface area contributed by atoms with Crippen LogP contribution in [0, 0.1) is 0 Å². The van der Waals surface area contributed by atoms with Crippen LogP contribution < -0.4 is 0 Å². The van der Waals surface area contributed by atoms with Gasteiger partial charge in [-0.05, 0) is 0 Å². The van der Waals surface area contributed by atoms with Crippen molar-refractivity contribution in [3.63, 3.8) is 0 Å². The van der Waals surface area contributed by atoms with E-state index in [9.17, 15) is 23.6 Å². The van der Waals surface area contributed by atoms with Gasteiger partial charge in [0.05, 0.1) is 19.7 Å². The molecule has 0 aromatic rings. The highest BCUT2D eigenvalue weighted by Crippen LogP contribution is 2.33. The molecule has 33 heavy (non-hydrogen) atoms. The molecule has 2 aliphatic rings. The largest absolute Gasteiger partial charge is 0.463 e. The Morgan fingerprint density at radius 1 is 0.879 bits per heavy atom. The zero-order valence-electron chi connectivity index (χ0n) is 19.6. The van der Waals surface area contributed by atoms with E-state index in [1.54, 1.807) is 7.05 Å². The zero-order valence-corrected chi connectivity index (χ0v) is 19.6. The number of halogens is 1. The van der Waals surface area contributed by atoms with Gasteiger partial charge in [0.15, 0.2) is 24.6 Å². The first-order valence-corrected chi connectivity index (χ1v) is 10.8. The van der Waals surface area contributed by atoms with Crippen molar-refractivity contribution in [1.29, 1.82) is 0 Å². The molecule has 188 valence electrons. The summed E-state index contributed by atoms with van der Waals surface area (Å²) in [5, 5.41) is 0. The summed E-state index contributed by atoms with van der Waals surface area (Å²) < 4.78 is 46.5. The number of alkyl halides is 1. The molecule has 0 aromatic heterocycles. The Labute approximate surface area is 191 Å². The summed E-state index contributed by atoms with van der Waals surface area (Å²) in [6.07, 6.45) is -4.29. The van der Waals surface area contributed by atoms with Crippen molar-refractivity contribution in [3.8, 4) is 0 Å². The number of carbonyl (C=O) groups is 4. The molecule has 2 fully saturated rings. The van der Waals surface area contributed by atoms with Gasteiger partial charge in [0.1, 0.15) is 19.3 Å². The topological polar surface area (TPSA) is 124 Å². The first kappa shape index (κ1) is 26.9. The number of hydrogen-bond donors (Lipinski definition) is 0. The summed E-state index contributed by atoms with van der Waals surface area (Å²) in [5.74, 6) is -2.76. The van der Waals surface area contributed by atoms with Crippen LogP contribution in [0.5, 0.6) is 0 Å². The highest BCUT2D eigenvalue weighted by atomic mass is 19.1. The van der Waals surface area contributed by atoms with Gasteiger partial charge in [-0.1, -0.05) is 0 Å². The Bertz CT molecular complexity index is 730. The molecule has 0 N–H and O–H groups in total.